The number of hydrogen-bond acceptors (Lipinski definition) is 3. The van der Waals surface area contributed by atoms with Gasteiger partial charge in [0.05, 0.1) is 17.0 Å². The van der Waals surface area contributed by atoms with Crippen LogP contribution in [0.15, 0.2) is 35.4 Å². The van der Waals surface area contributed by atoms with E-state index >= 15 is 0 Å². The quantitative estimate of drug-likeness (QED) is 0.678. The molecule has 0 spiro atoms. The van der Waals surface area contributed by atoms with Gasteiger partial charge in [0.2, 0.25) is 5.91 Å². The first kappa shape index (κ1) is 15.4. The lowest BCUT2D eigenvalue weighted by molar-refractivity contribution is -0.120. The van der Waals surface area contributed by atoms with Crippen molar-refractivity contribution in [3.8, 4) is 0 Å². The Bertz CT molecular complexity index is 686. The fraction of sp³-hybridized carbons (Fsp3) is 0.294. The summed E-state index contributed by atoms with van der Waals surface area (Å²) >= 11 is 1.67. The van der Waals surface area contributed by atoms with Crippen LogP contribution in [-0.2, 0) is 11.2 Å². The predicted molar refractivity (Wildman–Crippen MR) is 89.0 cm³/mol. The second-order valence-electron chi connectivity index (χ2n) is 5.25. The Morgan fingerprint density at radius 1 is 1.19 bits per heavy atom. The van der Waals surface area contributed by atoms with Crippen molar-refractivity contribution in [2.24, 2.45) is 5.10 Å². The summed E-state index contributed by atoms with van der Waals surface area (Å²) in [6.07, 6.45) is 0.354. The zero-order valence-electron chi connectivity index (χ0n) is 12.9. The van der Waals surface area contributed by atoms with Crippen molar-refractivity contribution in [3.63, 3.8) is 0 Å². The van der Waals surface area contributed by atoms with Crippen molar-refractivity contribution in [1.82, 2.24) is 5.43 Å². The minimum Gasteiger partial charge on any atom is -0.273 e. The first-order valence-corrected chi connectivity index (χ1v) is 7.73. The van der Waals surface area contributed by atoms with Crippen LogP contribution in [0.1, 0.15) is 33.4 Å². The first-order chi connectivity index (χ1) is 9.95. The lowest BCUT2D eigenvalue weighted by Gasteiger charge is -2.06. The molecule has 0 unspecified atom stereocenters. The van der Waals surface area contributed by atoms with E-state index in [0.29, 0.717) is 6.42 Å². The molecule has 2 rings (SSSR count). The van der Waals surface area contributed by atoms with E-state index in [-0.39, 0.29) is 5.91 Å². The Morgan fingerprint density at radius 2 is 1.95 bits per heavy atom. The van der Waals surface area contributed by atoms with Crippen LogP contribution in [0.2, 0.25) is 0 Å². The molecule has 1 amide bonds. The maximum absolute atomic E-state index is 12.0. The van der Waals surface area contributed by atoms with Crippen molar-refractivity contribution >= 4 is 23.0 Å². The first-order valence-electron chi connectivity index (χ1n) is 6.92. The Labute approximate surface area is 129 Å². The van der Waals surface area contributed by atoms with Crippen LogP contribution in [0.4, 0.5) is 0 Å². The highest BCUT2D eigenvalue weighted by molar-refractivity contribution is 7.14. The number of aryl methyl sites for hydroxylation is 3. The third-order valence-electron chi connectivity index (χ3n) is 3.29. The van der Waals surface area contributed by atoms with E-state index in [0.717, 1.165) is 21.7 Å². The monoisotopic (exact) mass is 300 g/mol. The zero-order chi connectivity index (χ0) is 15.4. The number of thiophene rings is 1. The van der Waals surface area contributed by atoms with Crippen LogP contribution >= 0.6 is 11.3 Å². The lowest BCUT2D eigenvalue weighted by atomic mass is 10.0. The third kappa shape index (κ3) is 4.26. The van der Waals surface area contributed by atoms with Gasteiger partial charge in [-0.25, -0.2) is 5.43 Å². The molecular formula is C17H20N2OS. The van der Waals surface area contributed by atoms with Crippen molar-refractivity contribution < 1.29 is 4.79 Å². The molecular weight excluding hydrogens is 280 g/mol. The van der Waals surface area contributed by atoms with E-state index in [1.807, 2.05) is 39.0 Å². The largest absolute Gasteiger partial charge is 0.273 e. The number of rotatable bonds is 4. The molecule has 1 N–H and O–H groups in total. The summed E-state index contributed by atoms with van der Waals surface area (Å²) in [6.45, 7) is 8.04. The Balaban J connectivity index is 1.98. The Hall–Kier alpha value is -1.94. The molecule has 0 saturated heterocycles. The number of carbonyl (C=O) groups excluding carboxylic acids is 1. The van der Waals surface area contributed by atoms with E-state index in [1.165, 1.54) is 10.4 Å². The van der Waals surface area contributed by atoms with Gasteiger partial charge in [0.25, 0.3) is 0 Å². The number of nitrogens with one attached hydrogen (secondary N) is 1. The normalized spacial score (nSPS) is 11.5. The van der Waals surface area contributed by atoms with Crippen molar-refractivity contribution in [1.29, 1.82) is 0 Å². The summed E-state index contributed by atoms with van der Waals surface area (Å²) in [5, 5.41) is 4.18. The lowest BCUT2D eigenvalue weighted by Crippen LogP contribution is -2.21. The molecule has 0 fully saturated rings. The van der Waals surface area contributed by atoms with E-state index < -0.39 is 0 Å². The molecule has 0 atom stereocenters. The Kier molecular flexibility index (Phi) is 4.91. The van der Waals surface area contributed by atoms with E-state index in [4.69, 9.17) is 0 Å². The molecule has 0 aliphatic heterocycles. The summed E-state index contributed by atoms with van der Waals surface area (Å²) < 4.78 is 0. The molecule has 3 nitrogen and oxygen atoms in total. The second kappa shape index (κ2) is 6.68. The number of hydrazone groups is 1. The van der Waals surface area contributed by atoms with Crippen LogP contribution in [0, 0.1) is 20.8 Å². The molecule has 0 aliphatic carbocycles. The van der Waals surface area contributed by atoms with Gasteiger partial charge >= 0.3 is 0 Å². The predicted octanol–water partition coefficient (Wildman–Crippen LogP) is 3.76. The topological polar surface area (TPSA) is 41.5 Å². The molecule has 0 aliphatic rings. The zero-order valence-corrected chi connectivity index (χ0v) is 13.7. The van der Waals surface area contributed by atoms with Gasteiger partial charge in [-0.1, -0.05) is 23.8 Å². The maximum atomic E-state index is 12.0. The molecule has 1 aromatic heterocycles. The summed E-state index contributed by atoms with van der Waals surface area (Å²) in [7, 11) is 0. The van der Waals surface area contributed by atoms with E-state index in [2.05, 4.69) is 29.6 Å². The standard InChI is InChI=1S/C17H20N2OS/c1-11-5-7-15(12(2)9-11)10-17(20)19-18-14(4)16-8-6-13(3)21-16/h5-9H,10H2,1-4H3,(H,19,20)/b18-14+. The molecule has 4 heteroatoms. The molecule has 21 heavy (non-hydrogen) atoms. The van der Waals surface area contributed by atoms with Gasteiger partial charge in [-0.3, -0.25) is 4.79 Å². The van der Waals surface area contributed by atoms with Crippen molar-refractivity contribution in [2.75, 3.05) is 0 Å². The van der Waals surface area contributed by atoms with Gasteiger partial charge in [-0.2, -0.15) is 5.10 Å². The average molecular weight is 300 g/mol. The fourth-order valence-corrected chi connectivity index (χ4v) is 2.90. The SMILES string of the molecule is C/C(=N\NC(=O)Cc1ccc(C)cc1C)c1ccc(C)s1. The van der Waals surface area contributed by atoms with Gasteiger partial charge in [-0.05, 0) is 51.0 Å². The van der Waals surface area contributed by atoms with Crippen LogP contribution in [0.25, 0.3) is 0 Å². The summed E-state index contributed by atoms with van der Waals surface area (Å²) in [5.41, 5.74) is 6.86. The van der Waals surface area contributed by atoms with Gasteiger partial charge in [0.1, 0.15) is 0 Å². The Morgan fingerprint density at radius 3 is 2.57 bits per heavy atom. The van der Waals surface area contributed by atoms with Crippen molar-refractivity contribution in [3.05, 3.63) is 56.8 Å². The molecule has 1 aromatic carbocycles. The molecule has 1 heterocycles. The van der Waals surface area contributed by atoms with Crippen LogP contribution < -0.4 is 5.43 Å². The van der Waals surface area contributed by atoms with Crippen molar-refractivity contribution in [2.45, 2.75) is 34.1 Å². The van der Waals surface area contributed by atoms with Crippen LogP contribution in [-0.4, -0.2) is 11.6 Å². The maximum Gasteiger partial charge on any atom is 0.244 e. The summed E-state index contributed by atoms with van der Waals surface area (Å²) in [5.74, 6) is -0.0884. The number of hydrogen-bond donors (Lipinski definition) is 1. The van der Waals surface area contributed by atoms with Gasteiger partial charge in [-0.15, -0.1) is 11.3 Å². The highest BCUT2D eigenvalue weighted by Crippen LogP contribution is 2.15. The molecule has 0 radical (unpaired) electrons. The average Bonchev–Trinajstić information content (AvgIpc) is 2.86. The molecule has 0 saturated carbocycles. The van der Waals surface area contributed by atoms with E-state index in [9.17, 15) is 4.79 Å². The van der Waals surface area contributed by atoms with Crippen LogP contribution in [0.5, 0.6) is 0 Å². The molecule has 0 bridgehead atoms. The van der Waals surface area contributed by atoms with Crippen LogP contribution in [0.3, 0.4) is 0 Å². The summed E-state index contributed by atoms with van der Waals surface area (Å²) in [6, 6.07) is 10.2. The fourth-order valence-electron chi connectivity index (χ4n) is 2.09. The van der Waals surface area contributed by atoms with Gasteiger partial charge in [0.15, 0.2) is 0 Å². The number of nitrogens with zero attached hydrogens (tertiary/aromatic N) is 1. The highest BCUT2D eigenvalue weighted by atomic mass is 32.1. The smallest absolute Gasteiger partial charge is 0.244 e. The second-order valence-corrected chi connectivity index (χ2v) is 6.54. The number of amides is 1. The van der Waals surface area contributed by atoms with Gasteiger partial charge < -0.3 is 0 Å². The minimum absolute atomic E-state index is 0.0884. The van der Waals surface area contributed by atoms with Gasteiger partial charge in [0, 0.05) is 4.88 Å². The van der Waals surface area contributed by atoms with E-state index in [1.54, 1.807) is 11.3 Å². The highest BCUT2D eigenvalue weighted by Gasteiger charge is 2.06. The molecule has 110 valence electrons. The number of carbonyl (C=O) groups is 1. The summed E-state index contributed by atoms with van der Waals surface area (Å²) in [4.78, 5) is 14.3. The number of benzene rings is 1. The third-order valence-corrected chi connectivity index (χ3v) is 4.40. The molecule has 2 aromatic rings. The minimum atomic E-state index is -0.0884.